The van der Waals surface area contributed by atoms with Crippen molar-refractivity contribution in [3.63, 3.8) is 0 Å². The zero-order valence-electron chi connectivity index (χ0n) is 12.2. The van der Waals surface area contributed by atoms with E-state index in [1.165, 1.54) is 51.9 Å². The molecule has 2 aliphatic heterocycles. The molecule has 2 heterocycles. The summed E-state index contributed by atoms with van der Waals surface area (Å²) in [5.41, 5.74) is 0. The number of nitrogens with one attached hydrogen (secondary N) is 1. The van der Waals surface area contributed by atoms with Crippen LogP contribution in [-0.2, 0) is 4.74 Å². The monoisotopic (exact) mass is 254 g/mol. The number of likely N-dealkylation sites (tertiary alicyclic amines) is 1. The summed E-state index contributed by atoms with van der Waals surface area (Å²) in [5.74, 6) is 1.61. The topological polar surface area (TPSA) is 24.5 Å². The summed E-state index contributed by atoms with van der Waals surface area (Å²) in [6.45, 7) is 11.6. The van der Waals surface area contributed by atoms with Crippen molar-refractivity contribution in [3.05, 3.63) is 0 Å². The second-order valence-electron chi connectivity index (χ2n) is 6.45. The van der Waals surface area contributed by atoms with E-state index in [4.69, 9.17) is 4.74 Å². The van der Waals surface area contributed by atoms with Gasteiger partial charge in [-0.05, 0) is 57.2 Å². The maximum absolute atomic E-state index is 5.75. The molecule has 18 heavy (non-hydrogen) atoms. The van der Waals surface area contributed by atoms with Crippen molar-refractivity contribution in [2.75, 3.05) is 39.3 Å². The van der Waals surface area contributed by atoms with Gasteiger partial charge in [0.05, 0.1) is 6.10 Å². The molecule has 3 nitrogen and oxygen atoms in total. The maximum Gasteiger partial charge on any atom is 0.0702 e. The lowest BCUT2D eigenvalue weighted by Crippen LogP contribution is -2.43. The third-order valence-corrected chi connectivity index (χ3v) is 4.07. The smallest absolute Gasteiger partial charge is 0.0702 e. The Morgan fingerprint density at radius 2 is 2.17 bits per heavy atom. The summed E-state index contributed by atoms with van der Waals surface area (Å²) < 4.78 is 5.75. The fourth-order valence-electron chi connectivity index (χ4n) is 3.14. The van der Waals surface area contributed by atoms with Crippen LogP contribution in [0.25, 0.3) is 0 Å². The highest BCUT2D eigenvalue weighted by molar-refractivity contribution is 4.78. The van der Waals surface area contributed by atoms with Crippen molar-refractivity contribution in [3.8, 4) is 0 Å². The Labute approximate surface area is 112 Å². The first-order chi connectivity index (χ1) is 8.74. The van der Waals surface area contributed by atoms with Gasteiger partial charge in [0.25, 0.3) is 0 Å². The largest absolute Gasteiger partial charge is 0.377 e. The average Bonchev–Trinajstić information content (AvgIpc) is 2.82. The summed E-state index contributed by atoms with van der Waals surface area (Å²) in [7, 11) is 0. The van der Waals surface area contributed by atoms with E-state index in [1.807, 2.05) is 0 Å². The predicted molar refractivity (Wildman–Crippen MR) is 75.8 cm³/mol. The molecule has 2 saturated heterocycles. The van der Waals surface area contributed by atoms with Gasteiger partial charge in [-0.2, -0.15) is 0 Å². The van der Waals surface area contributed by atoms with Gasteiger partial charge in [-0.25, -0.2) is 0 Å². The van der Waals surface area contributed by atoms with Crippen molar-refractivity contribution in [1.82, 2.24) is 10.2 Å². The minimum Gasteiger partial charge on any atom is -0.377 e. The Hall–Kier alpha value is -0.120. The van der Waals surface area contributed by atoms with E-state index in [9.17, 15) is 0 Å². The normalized spacial score (nSPS) is 30.2. The number of rotatable bonds is 6. The lowest BCUT2D eigenvalue weighted by atomic mass is 9.97. The Morgan fingerprint density at radius 3 is 2.89 bits per heavy atom. The molecule has 2 rings (SSSR count). The summed E-state index contributed by atoms with van der Waals surface area (Å²) in [5, 5.41) is 3.61. The average molecular weight is 254 g/mol. The third kappa shape index (κ3) is 4.87. The van der Waals surface area contributed by atoms with Crippen molar-refractivity contribution < 1.29 is 4.74 Å². The Bertz CT molecular complexity index is 227. The Morgan fingerprint density at radius 1 is 1.28 bits per heavy atom. The van der Waals surface area contributed by atoms with Gasteiger partial charge in [0.15, 0.2) is 0 Å². The van der Waals surface area contributed by atoms with E-state index in [0.29, 0.717) is 6.10 Å². The lowest BCUT2D eigenvalue weighted by Gasteiger charge is -2.34. The van der Waals surface area contributed by atoms with Gasteiger partial charge in [-0.3, -0.25) is 0 Å². The lowest BCUT2D eigenvalue weighted by molar-refractivity contribution is 0.0565. The number of hydrogen-bond acceptors (Lipinski definition) is 3. The molecule has 106 valence electrons. The molecule has 1 N–H and O–H groups in total. The first-order valence-electron chi connectivity index (χ1n) is 7.78. The van der Waals surface area contributed by atoms with Crippen LogP contribution < -0.4 is 5.32 Å². The molecule has 0 amide bonds. The van der Waals surface area contributed by atoms with Crippen LogP contribution in [0.15, 0.2) is 0 Å². The molecule has 0 spiro atoms. The number of nitrogens with zero attached hydrogens (tertiary/aromatic N) is 1. The standard InChI is InChI=1S/C15H30N2O/c1-13(2)9-16-10-14-5-3-7-17(11-14)12-15-6-4-8-18-15/h13-16H,3-12H2,1-2H3. The molecule has 0 bridgehead atoms. The molecule has 2 aliphatic rings. The molecular weight excluding hydrogens is 224 g/mol. The Balaban J connectivity index is 1.64. The molecule has 3 heteroatoms. The van der Waals surface area contributed by atoms with E-state index in [-0.39, 0.29) is 0 Å². The van der Waals surface area contributed by atoms with Gasteiger partial charge in [-0.1, -0.05) is 13.8 Å². The highest BCUT2D eigenvalue weighted by Gasteiger charge is 2.24. The van der Waals surface area contributed by atoms with Crippen molar-refractivity contribution >= 4 is 0 Å². The van der Waals surface area contributed by atoms with Gasteiger partial charge in [0, 0.05) is 19.7 Å². The molecule has 0 radical (unpaired) electrons. The van der Waals surface area contributed by atoms with Crippen molar-refractivity contribution in [2.45, 2.75) is 45.6 Å². The summed E-state index contributed by atoms with van der Waals surface area (Å²) in [4.78, 5) is 2.63. The third-order valence-electron chi connectivity index (χ3n) is 4.07. The number of piperidine rings is 1. The number of ether oxygens (including phenoxy) is 1. The summed E-state index contributed by atoms with van der Waals surface area (Å²) in [6, 6.07) is 0. The van der Waals surface area contributed by atoms with E-state index in [1.54, 1.807) is 0 Å². The maximum atomic E-state index is 5.75. The van der Waals surface area contributed by atoms with E-state index < -0.39 is 0 Å². The number of hydrogen-bond donors (Lipinski definition) is 1. The molecule has 2 fully saturated rings. The molecule has 2 unspecified atom stereocenters. The molecule has 0 aromatic carbocycles. The van der Waals surface area contributed by atoms with Crippen LogP contribution in [0.3, 0.4) is 0 Å². The van der Waals surface area contributed by atoms with Gasteiger partial charge in [0.2, 0.25) is 0 Å². The van der Waals surface area contributed by atoms with Crippen LogP contribution in [-0.4, -0.2) is 50.3 Å². The molecule has 2 atom stereocenters. The van der Waals surface area contributed by atoms with Gasteiger partial charge in [0.1, 0.15) is 0 Å². The minimum atomic E-state index is 0.521. The summed E-state index contributed by atoms with van der Waals surface area (Å²) in [6.07, 6.45) is 5.81. The van der Waals surface area contributed by atoms with Crippen LogP contribution in [0.5, 0.6) is 0 Å². The van der Waals surface area contributed by atoms with Gasteiger partial charge in [-0.15, -0.1) is 0 Å². The molecule has 0 saturated carbocycles. The van der Waals surface area contributed by atoms with Crippen LogP contribution in [0.4, 0.5) is 0 Å². The summed E-state index contributed by atoms with van der Waals surface area (Å²) >= 11 is 0. The van der Waals surface area contributed by atoms with Crippen LogP contribution in [0.1, 0.15) is 39.5 Å². The van der Waals surface area contributed by atoms with Gasteiger partial charge >= 0.3 is 0 Å². The first kappa shape index (κ1) is 14.3. The molecule has 0 aromatic rings. The highest BCUT2D eigenvalue weighted by Crippen LogP contribution is 2.19. The molecular formula is C15H30N2O. The van der Waals surface area contributed by atoms with Crippen molar-refractivity contribution in [2.24, 2.45) is 11.8 Å². The molecule has 0 aromatic heterocycles. The van der Waals surface area contributed by atoms with E-state index >= 15 is 0 Å². The first-order valence-corrected chi connectivity index (χ1v) is 7.78. The second kappa shape index (κ2) is 7.46. The quantitative estimate of drug-likeness (QED) is 0.786. The second-order valence-corrected chi connectivity index (χ2v) is 6.45. The van der Waals surface area contributed by atoms with Crippen molar-refractivity contribution in [1.29, 1.82) is 0 Å². The SMILES string of the molecule is CC(C)CNCC1CCCN(CC2CCCO2)C1. The Kier molecular flexibility index (Phi) is 5.93. The highest BCUT2D eigenvalue weighted by atomic mass is 16.5. The van der Waals surface area contributed by atoms with Crippen LogP contribution in [0, 0.1) is 11.8 Å². The molecule has 0 aliphatic carbocycles. The van der Waals surface area contributed by atoms with Gasteiger partial charge < -0.3 is 15.0 Å². The zero-order valence-corrected chi connectivity index (χ0v) is 12.2. The van der Waals surface area contributed by atoms with E-state index in [2.05, 4.69) is 24.1 Å². The zero-order chi connectivity index (χ0) is 12.8. The van der Waals surface area contributed by atoms with Crippen LogP contribution in [0.2, 0.25) is 0 Å². The van der Waals surface area contributed by atoms with E-state index in [0.717, 1.165) is 25.0 Å². The fourth-order valence-corrected chi connectivity index (χ4v) is 3.14. The predicted octanol–water partition coefficient (Wildman–Crippen LogP) is 2.12. The minimum absolute atomic E-state index is 0.521. The van der Waals surface area contributed by atoms with Crippen LogP contribution >= 0.6 is 0 Å². The fraction of sp³-hybridized carbons (Fsp3) is 1.00.